The van der Waals surface area contributed by atoms with Crippen LogP contribution in [-0.2, 0) is 17.9 Å². The number of benzene rings is 1. The van der Waals surface area contributed by atoms with E-state index >= 15 is 0 Å². The van der Waals surface area contributed by atoms with Crippen molar-refractivity contribution in [2.75, 3.05) is 12.4 Å². The number of ether oxygens (including phenoxy) is 1. The molecule has 10 nitrogen and oxygen atoms in total. The SMILES string of the molecule is COc1cccc(Cn2ccc3cnc(Nc4cnn(CCCCCC(=O)NO)c4)nc32)c1. The topological polar surface area (TPSA) is 119 Å². The molecule has 10 heteroatoms. The second kappa shape index (κ2) is 10.6. The summed E-state index contributed by atoms with van der Waals surface area (Å²) in [5.74, 6) is 0.975. The molecule has 0 fully saturated rings. The maximum Gasteiger partial charge on any atom is 0.243 e. The molecule has 0 aliphatic carbocycles. The first-order valence-corrected chi connectivity index (χ1v) is 10.8. The first-order chi connectivity index (χ1) is 16.1. The molecule has 0 spiro atoms. The molecule has 3 heterocycles. The third-order valence-corrected chi connectivity index (χ3v) is 5.29. The van der Waals surface area contributed by atoms with Crippen LogP contribution in [0.4, 0.5) is 11.6 Å². The molecule has 172 valence electrons. The van der Waals surface area contributed by atoms with Crippen LogP contribution in [0.15, 0.2) is 55.1 Å². The lowest BCUT2D eigenvalue weighted by Crippen LogP contribution is -2.17. The third-order valence-electron chi connectivity index (χ3n) is 5.29. The van der Waals surface area contributed by atoms with Gasteiger partial charge in [-0.15, -0.1) is 0 Å². The Morgan fingerprint density at radius 1 is 1.18 bits per heavy atom. The van der Waals surface area contributed by atoms with Crippen molar-refractivity contribution in [1.82, 2.24) is 29.8 Å². The number of nitrogens with one attached hydrogen (secondary N) is 2. The number of rotatable bonds is 11. The molecule has 0 atom stereocenters. The number of hydroxylamine groups is 1. The van der Waals surface area contributed by atoms with E-state index in [0.29, 0.717) is 18.9 Å². The Hall–Kier alpha value is -3.92. The van der Waals surface area contributed by atoms with Gasteiger partial charge >= 0.3 is 0 Å². The molecule has 4 aromatic rings. The molecule has 1 aromatic carbocycles. The highest BCUT2D eigenvalue weighted by molar-refractivity contribution is 5.77. The zero-order chi connectivity index (χ0) is 23.0. The van der Waals surface area contributed by atoms with E-state index in [2.05, 4.69) is 26.0 Å². The normalized spacial score (nSPS) is 11.0. The van der Waals surface area contributed by atoms with Crippen LogP contribution in [0, 0.1) is 0 Å². The molecule has 0 saturated carbocycles. The zero-order valence-corrected chi connectivity index (χ0v) is 18.4. The Labute approximate surface area is 191 Å². The number of hydrogen-bond acceptors (Lipinski definition) is 7. The van der Waals surface area contributed by atoms with Crippen LogP contribution in [0.2, 0.25) is 0 Å². The predicted molar refractivity (Wildman–Crippen MR) is 124 cm³/mol. The van der Waals surface area contributed by atoms with Crippen molar-refractivity contribution < 1.29 is 14.7 Å². The van der Waals surface area contributed by atoms with Crippen molar-refractivity contribution >= 4 is 28.6 Å². The number of unbranched alkanes of at least 4 members (excludes halogenated alkanes) is 2. The van der Waals surface area contributed by atoms with Gasteiger partial charge in [0.2, 0.25) is 11.9 Å². The number of hydrogen-bond donors (Lipinski definition) is 3. The molecule has 1 amide bonds. The van der Waals surface area contributed by atoms with E-state index in [1.54, 1.807) is 25.0 Å². The van der Waals surface area contributed by atoms with Gasteiger partial charge in [-0.25, -0.2) is 10.5 Å². The average molecular weight is 450 g/mol. The van der Waals surface area contributed by atoms with Gasteiger partial charge in [0.05, 0.1) is 19.0 Å². The van der Waals surface area contributed by atoms with Crippen LogP contribution in [0.5, 0.6) is 5.75 Å². The molecule has 3 N–H and O–H groups in total. The number of carbonyl (C=O) groups excluding carboxylic acids is 1. The third kappa shape index (κ3) is 5.86. The Morgan fingerprint density at radius 3 is 2.94 bits per heavy atom. The number of aryl methyl sites for hydroxylation is 1. The molecule has 0 aliphatic heterocycles. The molecule has 0 radical (unpaired) electrons. The van der Waals surface area contributed by atoms with E-state index in [1.165, 1.54) is 0 Å². The summed E-state index contributed by atoms with van der Waals surface area (Å²) >= 11 is 0. The lowest BCUT2D eigenvalue weighted by molar-refractivity contribution is -0.129. The fourth-order valence-corrected chi connectivity index (χ4v) is 3.60. The van der Waals surface area contributed by atoms with Gasteiger partial charge < -0.3 is 14.6 Å². The van der Waals surface area contributed by atoms with E-state index < -0.39 is 0 Å². The number of nitrogens with zero attached hydrogens (tertiary/aromatic N) is 5. The van der Waals surface area contributed by atoms with Crippen molar-refractivity contribution in [3.63, 3.8) is 0 Å². The monoisotopic (exact) mass is 449 g/mol. The van der Waals surface area contributed by atoms with Crippen molar-refractivity contribution in [3.05, 3.63) is 60.7 Å². The summed E-state index contributed by atoms with van der Waals surface area (Å²) in [6, 6.07) is 9.98. The first-order valence-electron chi connectivity index (χ1n) is 10.8. The van der Waals surface area contributed by atoms with Gasteiger partial charge in [-0.2, -0.15) is 10.1 Å². The molecule has 4 rings (SSSR count). The smallest absolute Gasteiger partial charge is 0.243 e. The van der Waals surface area contributed by atoms with Gasteiger partial charge in [-0.1, -0.05) is 18.6 Å². The minimum Gasteiger partial charge on any atom is -0.497 e. The molecule has 3 aromatic heterocycles. The maximum absolute atomic E-state index is 11.0. The van der Waals surface area contributed by atoms with E-state index in [9.17, 15) is 4.79 Å². The zero-order valence-electron chi connectivity index (χ0n) is 18.4. The van der Waals surface area contributed by atoms with Crippen molar-refractivity contribution in [1.29, 1.82) is 0 Å². The highest BCUT2D eigenvalue weighted by Crippen LogP contribution is 2.20. The minimum absolute atomic E-state index is 0.321. The van der Waals surface area contributed by atoms with Crippen LogP contribution in [0.1, 0.15) is 31.2 Å². The van der Waals surface area contributed by atoms with Crippen LogP contribution >= 0.6 is 0 Å². The van der Waals surface area contributed by atoms with Crippen LogP contribution in [-0.4, -0.2) is 42.5 Å². The molecule has 0 saturated heterocycles. The van der Waals surface area contributed by atoms with E-state index in [4.69, 9.17) is 14.9 Å². The number of fused-ring (bicyclic) bond motifs is 1. The minimum atomic E-state index is -0.354. The molecule has 0 aliphatic rings. The predicted octanol–water partition coefficient (Wildman–Crippen LogP) is 3.49. The van der Waals surface area contributed by atoms with Gasteiger partial charge in [0.1, 0.15) is 11.4 Å². The van der Waals surface area contributed by atoms with Gasteiger partial charge in [-0.05, 0) is 36.6 Å². The van der Waals surface area contributed by atoms with Gasteiger partial charge in [0, 0.05) is 43.5 Å². The highest BCUT2D eigenvalue weighted by Gasteiger charge is 2.08. The number of anilines is 2. The Balaban J connectivity index is 1.37. The van der Waals surface area contributed by atoms with E-state index in [-0.39, 0.29) is 5.91 Å². The van der Waals surface area contributed by atoms with Crippen LogP contribution in [0.25, 0.3) is 11.0 Å². The second-order valence-electron chi connectivity index (χ2n) is 7.73. The van der Waals surface area contributed by atoms with Crippen molar-refractivity contribution in [2.45, 2.75) is 38.8 Å². The molecule has 33 heavy (non-hydrogen) atoms. The summed E-state index contributed by atoms with van der Waals surface area (Å²) in [7, 11) is 1.66. The largest absolute Gasteiger partial charge is 0.497 e. The maximum atomic E-state index is 11.0. The summed E-state index contributed by atoms with van der Waals surface area (Å²) in [6.07, 6.45) is 10.3. The fraction of sp³-hybridized carbons (Fsp3) is 0.304. The summed E-state index contributed by atoms with van der Waals surface area (Å²) in [5, 5.41) is 17.1. The first kappa shape index (κ1) is 22.3. The van der Waals surface area contributed by atoms with E-state index in [0.717, 1.165) is 53.8 Å². The quantitative estimate of drug-likeness (QED) is 0.182. The highest BCUT2D eigenvalue weighted by atomic mass is 16.5. The number of carbonyl (C=O) groups is 1. The molecule has 0 bridgehead atoms. The number of aromatic nitrogens is 5. The van der Waals surface area contributed by atoms with Gasteiger partial charge in [0.15, 0.2) is 0 Å². The molecular weight excluding hydrogens is 422 g/mol. The Morgan fingerprint density at radius 2 is 2.09 bits per heavy atom. The standard InChI is InChI=1S/C23H27N7O3/c1-33-20-7-5-6-17(12-20)15-29-11-9-18-13-24-23(27-22(18)29)26-19-14-25-30(16-19)10-4-2-3-8-21(31)28-32/h5-7,9,11-14,16,32H,2-4,8,10,15H2,1H3,(H,28,31)(H,24,26,27). The molecular formula is C23H27N7O3. The Kier molecular flexibility index (Phi) is 7.16. The lowest BCUT2D eigenvalue weighted by Gasteiger charge is -2.08. The number of methoxy groups -OCH3 is 1. The Bertz CT molecular complexity index is 1220. The second-order valence-corrected chi connectivity index (χ2v) is 7.73. The van der Waals surface area contributed by atoms with Crippen molar-refractivity contribution in [2.24, 2.45) is 0 Å². The van der Waals surface area contributed by atoms with E-state index in [1.807, 2.05) is 41.3 Å². The summed E-state index contributed by atoms with van der Waals surface area (Å²) < 4.78 is 9.25. The van der Waals surface area contributed by atoms with Crippen molar-refractivity contribution in [3.8, 4) is 5.75 Å². The fourth-order valence-electron chi connectivity index (χ4n) is 3.60. The summed E-state index contributed by atoms with van der Waals surface area (Å²) in [6.45, 7) is 1.42. The van der Waals surface area contributed by atoms with Gasteiger partial charge in [0.25, 0.3) is 0 Å². The lowest BCUT2D eigenvalue weighted by atomic mass is 10.2. The summed E-state index contributed by atoms with van der Waals surface area (Å²) in [5.41, 5.74) is 4.42. The van der Waals surface area contributed by atoms with Crippen LogP contribution in [0.3, 0.4) is 0 Å². The van der Waals surface area contributed by atoms with Gasteiger partial charge in [-0.3, -0.25) is 14.7 Å². The molecule has 0 unspecified atom stereocenters. The summed E-state index contributed by atoms with van der Waals surface area (Å²) in [4.78, 5) is 20.1. The van der Waals surface area contributed by atoms with Crippen LogP contribution < -0.4 is 15.5 Å². The average Bonchev–Trinajstić information content (AvgIpc) is 3.45. The number of amides is 1.